The van der Waals surface area contributed by atoms with E-state index in [2.05, 4.69) is 5.92 Å². The summed E-state index contributed by atoms with van der Waals surface area (Å²) in [6.07, 6.45) is 5.18. The third-order valence-corrected chi connectivity index (χ3v) is 1.66. The zero-order valence-corrected chi connectivity index (χ0v) is 7.12. The van der Waals surface area contributed by atoms with Crippen LogP contribution in [-0.2, 0) is 0 Å². The van der Waals surface area contributed by atoms with Crippen molar-refractivity contribution in [3.8, 4) is 12.3 Å². The van der Waals surface area contributed by atoms with Crippen molar-refractivity contribution in [1.29, 1.82) is 0 Å². The fourth-order valence-corrected chi connectivity index (χ4v) is 0.957. The lowest BCUT2D eigenvalue weighted by Gasteiger charge is -2.15. The molecule has 0 heterocycles. The van der Waals surface area contributed by atoms with Crippen LogP contribution in [0.4, 0.5) is 11.4 Å². The minimum Gasteiger partial charge on any atom is -0.399 e. The Morgan fingerprint density at radius 1 is 1.42 bits per heavy atom. The van der Waals surface area contributed by atoms with E-state index in [0.29, 0.717) is 6.54 Å². The van der Waals surface area contributed by atoms with Gasteiger partial charge in [-0.25, -0.2) is 0 Å². The van der Waals surface area contributed by atoms with Crippen molar-refractivity contribution in [3.05, 3.63) is 24.3 Å². The second-order valence-electron chi connectivity index (χ2n) is 2.65. The Bertz CT molecular complexity index is 282. The summed E-state index contributed by atoms with van der Waals surface area (Å²) in [7, 11) is 1.95. The zero-order valence-electron chi connectivity index (χ0n) is 7.12. The Kier molecular flexibility index (Phi) is 2.60. The molecule has 0 aliphatic carbocycles. The standard InChI is InChI=1S/C10H12N2/c1-3-8-12(2)10-6-4-9(11)5-7-10/h1,4-7H,8,11H2,2H3. The van der Waals surface area contributed by atoms with Crippen molar-refractivity contribution in [2.45, 2.75) is 0 Å². The Labute approximate surface area is 73.0 Å². The van der Waals surface area contributed by atoms with Crippen molar-refractivity contribution in [3.63, 3.8) is 0 Å². The van der Waals surface area contributed by atoms with Crippen LogP contribution in [0, 0.1) is 12.3 Å². The van der Waals surface area contributed by atoms with Crippen molar-refractivity contribution in [2.75, 3.05) is 24.2 Å². The summed E-state index contributed by atoms with van der Waals surface area (Å²) in [6.45, 7) is 0.615. The third kappa shape index (κ3) is 1.93. The van der Waals surface area contributed by atoms with Crippen LogP contribution in [-0.4, -0.2) is 13.6 Å². The van der Waals surface area contributed by atoms with Crippen molar-refractivity contribution in [1.82, 2.24) is 0 Å². The minimum atomic E-state index is 0.615. The summed E-state index contributed by atoms with van der Waals surface area (Å²) in [4.78, 5) is 1.99. The molecular weight excluding hydrogens is 148 g/mol. The van der Waals surface area contributed by atoms with Gasteiger partial charge in [0.15, 0.2) is 0 Å². The molecule has 12 heavy (non-hydrogen) atoms. The van der Waals surface area contributed by atoms with Gasteiger partial charge in [-0.3, -0.25) is 0 Å². The lowest BCUT2D eigenvalue weighted by atomic mass is 10.2. The van der Waals surface area contributed by atoms with Crippen LogP contribution in [0.15, 0.2) is 24.3 Å². The molecule has 0 unspecified atom stereocenters. The van der Waals surface area contributed by atoms with Crippen LogP contribution in [0.2, 0.25) is 0 Å². The molecule has 2 nitrogen and oxygen atoms in total. The van der Waals surface area contributed by atoms with Crippen molar-refractivity contribution < 1.29 is 0 Å². The second-order valence-corrected chi connectivity index (χ2v) is 2.65. The number of hydrogen-bond donors (Lipinski definition) is 1. The number of benzene rings is 1. The van der Waals surface area contributed by atoms with Crippen LogP contribution in [0.1, 0.15) is 0 Å². The lowest BCUT2D eigenvalue weighted by molar-refractivity contribution is 1.05. The number of terminal acetylenes is 1. The van der Waals surface area contributed by atoms with Crippen LogP contribution in [0.25, 0.3) is 0 Å². The van der Waals surface area contributed by atoms with Gasteiger partial charge >= 0.3 is 0 Å². The molecule has 0 fully saturated rings. The van der Waals surface area contributed by atoms with Crippen LogP contribution in [0.5, 0.6) is 0 Å². The van der Waals surface area contributed by atoms with Crippen molar-refractivity contribution in [2.24, 2.45) is 0 Å². The quantitative estimate of drug-likeness (QED) is 0.522. The van der Waals surface area contributed by atoms with E-state index in [-0.39, 0.29) is 0 Å². The fourth-order valence-electron chi connectivity index (χ4n) is 0.957. The van der Waals surface area contributed by atoms with Gasteiger partial charge in [0.1, 0.15) is 0 Å². The Hall–Kier alpha value is -1.62. The molecule has 1 rings (SSSR count). The predicted octanol–water partition coefficient (Wildman–Crippen LogP) is 1.34. The number of anilines is 2. The molecule has 2 heteroatoms. The summed E-state index contributed by atoms with van der Waals surface area (Å²) in [5.41, 5.74) is 7.40. The smallest absolute Gasteiger partial charge is 0.0788 e. The first-order valence-electron chi connectivity index (χ1n) is 3.74. The maximum absolute atomic E-state index is 5.54. The molecule has 0 radical (unpaired) electrons. The largest absolute Gasteiger partial charge is 0.399 e. The summed E-state index contributed by atoms with van der Waals surface area (Å²) in [6, 6.07) is 7.63. The molecule has 0 bridgehead atoms. The van der Waals surface area contributed by atoms with E-state index in [1.54, 1.807) is 0 Å². The molecule has 1 aromatic carbocycles. The lowest BCUT2D eigenvalue weighted by Crippen LogP contribution is -2.16. The van der Waals surface area contributed by atoms with E-state index in [1.807, 2.05) is 36.2 Å². The number of rotatable bonds is 2. The normalized spacial score (nSPS) is 9.00. The van der Waals surface area contributed by atoms with Crippen LogP contribution >= 0.6 is 0 Å². The molecule has 0 atom stereocenters. The average Bonchev–Trinajstić information content (AvgIpc) is 2.06. The van der Waals surface area contributed by atoms with Gasteiger partial charge in [-0.2, -0.15) is 0 Å². The minimum absolute atomic E-state index is 0.615. The van der Waals surface area contributed by atoms with Gasteiger partial charge < -0.3 is 10.6 Å². The highest BCUT2D eigenvalue weighted by molar-refractivity contribution is 5.53. The summed E-state index contributed by atoms with van der Waals surface area (Å²) >= 11 is 0. The monoisotopic (exact) mass is 160 g/mol. The molecule has 2 N–H and O–H groups in total. The maximum atomic E-state index is 5.54. The maximum Gasteiger partial charge on any atom is 0.0788 e. The molecular formula is C10H12N2. The predicted molar refractivity (Wildman–Crippen MR) is 53.0 cm³/mol. The highest BCUT2D eigenvalue weighted by atomic mass is 15.1. The van der Waals surface area contributed by atoms with E-state index < -0.39 is 0 Å². The number of nitrogens with two attached hydrogens (primary N) is 1. The molecule has 1 aromatic rings. The van der Waals surface area contributed by atoms with Gasteiger partial charge in [0.25, 0.3) is 0 Å². The molecule has 0 saturated carbocycles. The van der Waals surface area contributed by atoms with Gasteiger partial charge in [-0.15, -0.1) is 6.42 Å². The summed E-state index contributed by atoms with van der Waals surface area (Å²) in [5, 5.41) is 0. The Morgan fingerprint density at radius 2 is 2.00 bits per heavy atom. The summed E-state index contributed by atoms with van der Waals surface area (Å²) < 4.78 is 0. The first-order chi connectivity index (χ1) is 5.74. The average molecular weight is 160 g/mol. The number of nitrogen functional groups attached to an aromatic ring is 1. The highest BCUT2D eigenvalue weighted by Crippen LogP contribution is 2.13. The fraction of sp³-hybridized carbons (Fsp3) is 0.200. The molecule has 0 aliphatic rings. The number of hydrogen-bond acceptors (Lipinski definition) is 2. The second kappa shape index (κ2) is 3.68. The molecule has 0 aliphatic heterocycles. The first-order valence-corrected chi connectivity index (χ1v) is 3.74. The van der Waals surface area contributed by atoms with Gasteiger partial charge in [-0.05, 0) is 24.3 Å². The van der Waals surface area contributed by atoms with E-state index >= 15 is 0 Å². The molecule has 0 saturated heterocycles. The molecule has 62 valence electrons. The zero-order chi connectivity index (χ0) is 8.97. The summed E-state index contributed by atoms with van der Waals surface area (Å²) in [5.74, 6) is 2.58. The Morgan fingerprint density at radius 3 is 2.50 bits per heavy atom. The highest BCUT2D eigenvalue weighted by Gasteiger charge is 1.96. The SMILES string of the molecule is C#CCN(C)c1ccc(N)cc1. The van der Waals surface area contributed by atoms with Gasteiger partial charge in [0, 0.05) is 18.4 Å². The number of nitrogens with zero attached hydrogens (tertiary/aromatic N) is 1. The van der Waals surface area contributed by atoms with Crippen LogP contribution < -0.4 is 10.6 Å². The molecule has 0 amide bonds. The molecule has 0 spiro atoms. The van der Waals surface area contributed by atoms with Crippen molar-refractivity contribution >= 4 is 11.4 Å². The van der Waals surface area contributed by atoms with Gasteiger partial charge in [0.05, 0.1) is 6.54 Å². The topological polar surface area (TPSA) is 29.3 Å². The van der Waals surface area contributed by atoms with E-state index in [1.165, 1.54) is 0 Å². The van der Waals surface area contributed by atoms with E-state index in [9.17, 15) is 0 Å². The van der Waals surface area contributed by atoms with E-state index in [4.69, 9.17) is 12.2 Å². The Balaban J connectivity index is 2.76. The first kappa shape index (κ1) is 8.48. The van der Waals surface area contributed by atoms with E-state index in [0.717, 1.165) is 11.4 Å². The van der Waals surface area contributed by atoms with Gasteiger partial charge in [-0.1, -0.05) is 5.92 Å². The third-order valence-electron chi connectivity index (χ3n) is 1.66. The van der Waals surface area contributed by atoms with Gasteiger partial charge in [0.2, 0.25) is 0 Å². The molecule has 0 aromatic heterocycles. The van der Waals surface area contributed by atoms with Crippen LogP contribution in [0.3, 0.4) is 0 Å².